The monoisotopic (exact) mass is 554 g/mol. The first kappa shape index (κ1) is 26.1. The molecule has 2 unspecified atom stereocenters. The molecule has 9 nitrogen and oxygen atoms in total. The van der Waals surface area contributed by atoms with Gasteiger partial charge in [-0.15, -0.1) is 0 Å². The van der Waals surface area contributed by atoms with Crippen LogP contribution < -0.4 is 19.2 Å². The van der Waals surface area contributed by atoms with Crippen molar-refractivity contribution in [2.75, 3.05) is 24.7 Å². The molecule has 0 bridgehead atoms. The number of aromatic amines is 1. The van der Waals surface area contributed by atoms with E-state index < -0.39 is 23.1 Å². The van der Waals surface area contributed by atoms with Gasteiger partial charge in [-0.1, -0.05) is 46.9 Å². The average Bonchev–Trinajstić information content (AvgIpc) is 3.38. The molecular formula is C27H26N2O7S2. The molecule has 3 heterocycles. The summed E-state index contributed by atoms with van der Waals surface area (Å²) in [6, 6.07) is 12.5. The summed E-state index contributed by atoms with van der Waals surface area (Å²) in [5, 5.41) is -0.0967. The van der Waals surface area contributed by atoms with E-state index in [1.165, 1.54) is 16.7 Å². The van der Waals surface area contributed by atoms with E-state index in [2.05, 4.69) is 4.98 Å². The van der Waals surface area contributed by atoms with Crippen LogP contribution in [0.5, 0.6) is 11.5 Å². The maximum Gasteiger partial charge on any atom is 0.344 e. The number of anilines is 1. The van der Waals surface area contributed by atoms with Gasteiger partial charge in [0, 0.05) is 10.8 Å². The number of fused-ring (bicyclic) bond motifs is 2. The van der Waals surface area contributed by atoms with E-state index in [0.717, 1.165) is 16.9 Å². The molecule has 1 saturated heterocycles. The van der Waals surface area contributed by atoms with E-state index in [1.807, 2.05) is 26.0 Å². The summed E-state index contributed by atoms with van der Waals surface area (Å²) in [4.78, 5) is 56.1. The van der Waals surface area contributed by atoms with Crippen LogP contribution in [0.3, 0.4) is 0 Å². The van der Waals surface area contributed by atoms with Gasteiger partial charge in [-0.3, -0.25) is 14.4 Å². The highest BCUT2D eigenvalue weighted by Gasteiger charge is 2.56. The Kier molecular flexibility index (Phi) is 7.31. The fourth-order valence-corrected chi connectivity index (χ4v) is 7.28. The van der Waals surface area contributed by atoms with E-state index in [9.17, 15) is 19.2 Å². The number of thioether (sulfide) groups is 1. The SMILES string of the molecule is CCOC(=O)COc1ccc([C@H]2c3sc(=O)[nH]c3SC3C(=O)N(c4ccc(C)cc4)C(=O)C32)cc1OCC. The number of H-pyrrole nitrogens is 1. The zero-order chi connectivity index (χ0) is 27.0. The van der Waals surface area contributed by atoms with Crippen molar-refractivity contribution in [3.63, 3.8) is 0 Å². The molecule has 2 amide bonds. The first-order valence-electron chi connectivity index (χ1n) is 12.2. The minimum atomic E-state index is -0.714. The Morgan fingerprint density at radius 1 is 0.974 bits per heavy atom. The number of thiazole rings is 1. The lowest BCUT2D eigenvalue weighted by molar-refractivity contribution is -0.145. The molecule has 1 fully saturated rings. The molecule has 3 atom stereocenters. The zero-order valence-corrected chi connectivity index (χ0v) is 22.6. The van der Waals surface area contributed by atoms with Crippen LogP contribution in [-0.4, -0.2) is 47.8 Å². The van der Waals surface area contributed by atoms with E-state index in [0.29, 0.717) is 39.3 Å². The molecule has 1 aromatic heterocycles. The Labute approximate surface area is 227 Å². The maximum atomic E-state index is 13.9. The van der Waals surface area contributed by atoms with Crippen LogP contribution in [0.1, 0.15) is 35.8 Å². The Morgan fingerprint density at radius 2 is 1.74 bits per heavy atom. The van der Waals surface area contributed by atoms with Crippen molar-refractivity contribution >= 4 is 46.6 Å². The van der Waals surface area contributed by atoms with Crippen molar-refractivity contribution in [2.45, 2.75) is 37.0 Å². The Hall–Kier alpha value is -3.57. The molecule has 0 aliphatic carbocycles. The van der Waals surface area contributed by atoms with Gasteiger partial charge in [-0.2, -0.15) is 0 Å². The summed E-state index contributed by atoms with van der Waals surface area (Å²) in [5.41, 5.74) is 2.25. The van der Waals surface area contributed by atoms with Crippen molar-refractivity contribution in [1.29, 1.82) is 0 Å². The van der Waals surface area contributed by atoms with E-state index >= 15 is 0 Å². The highest BCUT2D eigenvalue weighted by atomic mass is 32.2. The molecule has 2 aliphatic rings. The molecule has 3 aromatic rings. The summed E-state index contributed by atoms with van der Waals surface area (Å²) in [6.07, 6.45) is 0. The van der Waals surface area contributed by atoms with Gasteiger partial charge in [0.2, 0.25) is 11.8 Å². The van der Waals surface area contributed by atoms with Gasteiger partial charge in [-0.05, 0) is 50.6 Å². The number of hydrogen-bond acceptors (Lipinski definition) is 9. The second kappa shape index (κ2) is 10.7. The fraction of sp³-hybridized carbons (Fsp3) is 0.333. The maximum absolute atomic E-state index is 13.9. The van der Waals surface area contributed by atoms with Gasteiger partial charge < -0.3 is 19.2 Å². The van der Waals surface area contributed by atoms with Crippen molar-refractivity contribution in [3.8, 4) is 11.5 Å². The number of ether oxygens (including phenoxy) is 3. The van der Waals surface area contributed by atoms with Crippen LogP contribution in [0.15, 0.2) is 52.3 Å². The standard InChI is InChI=1S/C27H26N2O7S2/c1-4-34-18-12-15(8-11-17(18)36-13-19(30)35-5-2)20-21-23(37-24-22(20)38-27(33)28-24)26(32)29(25(21)31)16-9-6-14(3)7-10-16/h6-12,20-21,23H,4-5,13H2,1-3H3,(H,28,33)/t20-,21?,23?/m1/s1. The third-order valence-corrected chi connectivity index (χ3v) is 8.79. The number of aryl methyl sites for hydroxylation is 1. The van der Waals surface area contributed by atoms with Crippen LogP contribution in [0.4, 0.5) is 5.69 Å². The van der Waals surface area contributed by atoms with Crippen LogP contribution in [0.2, 0.25) is 0 Å². The molecule has 2 aromatic carbocycles. The summed E-state index contributed by atoms with van der Waals surface area (Å²) in [7, 11) is 0. The molecule has 38 heavy (non-hydrogen) atoms. The fourth-order valence-electron chi connectivity index (χ4n) is 4.77. The molecule has 1 N–H and O–H groups in total. The molecule has 0 saturated carbocycles. The number of carbonyl (C=O) groups is 3. The number of esters is 1. The van der Waals surface area contributed by atoms with E-state index in [1.54, 1.807) is 37.3 Å². The number of aromatic nitrogens is 1. The summed E-state index contributed by atoms with van der Waals surface area (Å²) >= 11 is 2.27. The molecule has 0 spiro atoms. The van der Waals surface area contributed by atoms with Gasteiger partial charge >= 0.3 is 10.8 Å². The summed E-state index contributed by atoms with van der Waals surface area (Å²) < 4.78 is 16.4. The number of nitrogens with zero attached hydrogens (tertiary/aromatic N) is 1. The average molecular weight is 555 g/mol. The largest absolute Gasteiger partial charge is 0.490 e. The predicted molar refractivity (Wildman–Crippen MR) is 143 cm³/mol. The van der Waals surface area contributed by atoms with Crippen LogP contribution in [-0.2, 0) is 19.1 Å². The third-order valence-electron chi connectivity index (χ3n) is 6.39. The molecular weight excluding hydrogens is 528 g/mol. The van der Waals surface area contributed by atoms with Crippen molar-refractivity contribution < 1.29 is 28.6 Å². The van der Waals surface area contributed by atoms with Crippen molar-refractivity contribution in [1.82, 2.24) is 4.98 Å². The van der Waals surface area contributed by atoms with Crippen molar-refractivity contribution in [2.24, 2.45) is 5.92 Å². The quantitative estimate of drug-likeness (QED) is 0.330. The second-order valence-corrected chi connectivity index (χ2v) is 11.0. The first-order chi connectivity index (χ1) is 18.3. The zero-order valence-electron chi connectivity index (χ0n) is 21.0. The van der Waals surface area contributed by atoms with Crippen LogP contribution >= 0.6 is 23.1 Å². The smallest absolute Gasteiger partial charge is 0.344 e. The number of nitrogens with one attached hydrogen (secondary N) is 1. The normalized spacial score (nSPS) is 20.2. The minimum Gasteiger partial charge on any atom is -0.490 e. The Balaban J connectivity index is 1.55. The predicted octanol–water partition coefficient (Wildman–Crippen LogP) is 3.88. The van der Waals surface area contributed by atoms with E-state index in [-0.39, 0.29) is 29.9 Å². The molecule has 0 radical (unpaired) electrons. The van der Waals surface area contributed by atoms with Crippen molar-refractivity contribution in [3.05, 3.63) is 68.1 Å². The summed E-state index contributed by atoms with van der Waals surface area (Å²) in [6.45, 7) is 5.78. The number of rotatable bonds is 8. The first-order valence-corrected chi connectivity index (χ1v) is 13.9. The third kappa shape index (κ3) is 4.71. The molecule has 11 heteroatoms. The Bertz CT molecular complexity index is 1450. The number of benzene rings is 2. The lowest BCUT2D eigenvalue weighted by Crippen LogP contribution is -2.32. The second-order valence-electron chi connectivity index (χ2n) is 8.83. The number of carbonyl (C=O) groups excluding carboxylic acids is 3. The van der Waals surface area contributed by atoms with Crippen LogP contribution in [0.25, 0.3) is 0 Å². The van der Waals surface area contributed by atoms with Gasteiger partial charge in [0.15, 0.2) is 18.1 Å². The van der Waals surface area contributed by atoms with Gasteiger partial charge in [0.1, 0.15) is 5.25 Å². The minimum absolute atomic E-state index is 0.246. The van der Waals surface area contributed by atoms with E-state index in [4.69, 9.17) is 14.2 Å². The summed E-state index contributed by atoms with van der Waals surface area (Å²) in [5.74, 6) is -1.65. The topological polar surface area (TPSA) is 115 Å². The van der Waals surface area contributed by atoms with Gasteiger partial charge in [0.25, 0.3) is 0 Å². The van der Waals surface area contributed by atoms with Crippen LogP contribution in [0, 0.1) is 12.8 Å². The number of hydrogen-bond donors (Lipinski definition) is 1. The lowest BCUT2D eigenvalue weighted by atomic mass is 9.83. The number of imide groups is 1. The Morgan fingerprint density at radius 3 is 2.45 bits per heavy atom. The van der Waals surface area contributed by atoms with Gasteiger partial charge in [-0.25, -0.2) is 9.69 Å². The lowest BCUT2D eigenvalue weighted by Gasteiger charge is -2.30. The number of amides is 2. The molecule has 2 aliphatic heterocycles. The molecule has 5 rings (SSSR count). The molecule has 198 valence electrons. The van der Waals surface area contributed by atoms with Gasteiger partial charge in [0.05, 0.1) is 29.8 Å². The highest BCUT2D eigenvalue weighted by Crippen LogP contribution is 2.53. The highest BCUT2D eigenvalue weighted by molar-refractivity contribution is 8.00.